The summed E-state index contributed by atoms with van der Waals surface area (Å²) in [5, 5.41) is 4.71. The van der Waals surface area contributed by atoms with Gasteiger partial charge in [-0.15, -0.1) is 0 Å². The molecule has 1 aliphatic rings. The first-order chi connectivity index (χ1) is 9.56. The lowest BCUT2D eigenvalue weighted by Crippen LogP contribution is -2.38. The van der Waals surface area contributed by atoms with Gasteiger partial charge in [-0.1, -0.05) is 6.92 Å². The van der Waals surface area contributed by atoms with Gasteiger partial charge in [0.2, 0.25) is 0 Å². The first kappa shape index (κ1) is 16.0. The second-order valence-electron chi connectivity index (χ2n) is 5.81. The number of likely N-dealkylation sites (N-methyl/N-ethyl adjacent to an activating group) is 1. The van der Waals surface area contributed by atoms with Crippen LogP contribution in [0, 0.1) is 0 Å². The number of nitrogens with zero attached hydrogens (tertiary/aromatic N) is 4. The molecule has 4 nitrogen and oxygen atoms in total. The van der Waals surface area contributed by atoms with Gasteiger partial charge in [0.05, 0.1) is 15.9 Å². The Kier molecular flexibility index (Phi) is 5.64. The normalized spacial score (nSPS) is 22.1. The van der Waals surface area contributed by atoms with Crippen molar-refractivity contribution < 1.29 is 0 Å². The maximum absolute atomic E-state index is 4.71. The van der Waals surface area contributed by atoms with Crippen molar-refractivity contribution in [3.8, 4) is 0 Å². The van der Waals surface area contributed by atoms with Crippen LogP contribution in [0.3, 0.4) is 0 Å². The van der Waals surface area contributed by atoms with Crippen molar-refractivity contribution in [1.29, 1.82) is 0 Å². The zero-order chi connectivity index (χ0) is 14.7. The van der Waals surface area contributed by atoms with Gasteiger partial charge in [-0.3, -0.25) is 9.58 Å². The van der Waals surface area contributed by atoms with Crippen molar-refractivity contribution in [3.05, 3.63) is 15.9 Å². The van der Waals surface area contributed by atoms with Gasteiger partial charge in [-0.25, -0.2) is 0 Å². The minimum absolute atomic E-state index is 0.597. The summed E-state index contributed by atoms with van der Waals surface area (Å²) in [6, 6.07) is 0.597. The number of halogens is 1. The van der Waals surface area contributed by atoms with Crippen molar-refractivity contribution in [1.82, 2.24) is 19.6 Å². The Labute approximate surface area is 131 Å². The molecule has 5 heteroatoms. The quantitative estimate of drug-likeness (QED) is 0.840. The zero-order valence-corrected chi connectivity index (χ0v) is 14.8. The highest BCUT2D eigenvalue weighted by atomic mass is 79.9. The average Bonchev–Trinajstić information content (AvgIpc) is 2.63. The molecule has 1 aliphatic heterocycles. The van der Waals surface area contributed by atoms with Gasteiger partial charge in [-0.2, -0.15) is 5.10 Å². The van der Waals surface area contributed by atoms with Gasteiger partial charge >= 0.3 is 0 Å². The first-order valence-corrected chi connectivity index (χ1v) is 8.52. The van der Waals surface area contributed by atoms with Crippen molar-refractivity contribution in [2.75, 3.05) is 26.7 Å². The number of aromatic nitrogens is 2. The summed E-state index contributed by atoms with van der Waals surface area (Å²) in [6.07, 6.45) is 2.23. The van der Waals surface area contributed by atoms with E-state index in [0.717, 1.165) is 26.1 Å². The van der Waals surface area contributed by atoms with Crippen molar-refractivity contribution in [2.24, 2.45) is 0 Å². The van der Waals surface area contributed by atoms with Crippen LogP contribution in [0.5, 0.6) is 0 Å². The van der Waals surface area contributed by atoms with E-state index in [9.17, 15) is 0 Å². The minimum Gasteiger partial charge on any atom is -0.305 e. The van der Waals surface area contributed by atoms with Gasteiger partial charge in [0.15, 0.2) is 0 Å². The molecule has 0 N–H and O–H groups in total. The molecule has 2 rings (SSSR count). The summed E-state index contributed by atoms with van der Waals surface area (Å²) in [5.74, 6) is 0. The molecule has 20 heavy (non-hydrogen) atoms. The van der Waals surface area contributed by atoms with E-state index < -0.39 is 0 Å². The fourth-order valence-corrected chi connectivity index (χ4v) is 3.71. The number of aryl methyl sites for hydroxylation is 2. The molecule has 0 saturated carbocycles. The van der Waals surface area contributed by atoms with Crippen LogP contribution in [0.15, 0.2) is 4.47 Å². The van der Waals surface area contributed by atoms with Crippen LogP contribution in [0.2, 0.25) is 0 Å². The highest BCUT2D eigenvalue weighted by Gasteiger charge is 2.23. The largest absolute Gasteiger partial charge is 0.305 e. The Hall–Kier alpha value is -0.390. The summed E-state index contributed by atoms with van der Waals surface area (Å²) in [4.78, 5) is 5.03. The molecule has 2 heterocycles. The zero-order valence-electron chi connectivity index (χ0n) is 13.2. The van der Waals surface area contributed by atoms with E-state index in [-0.39, 0.29) is 0 Å². The van der Waals surface area contributed by atoms with E-state index in [4.69, 9.17) is 5.10 Å². The highest BCUT2D eigenvalue weighted by molar-refractivity contribution is 9.10. The Bertz CT molecular complexity index is 443. The van der Waals surface area contributed by atoms with Crippen molar-refractivity contribution in [2.45, 2.75) is 52.7 Å². The maximum Gasteiger partial charge on any atom is 0.0767 e. The van der Waals surface area contributed by atoms with E-state index >= 15 is 0 Å². The summed E-state index contributed by atoms with van der Waals surface area (Å²) in [6.45, 7) is 12.1. The molecule has 0 amide bonds. The molecule has 1 saturated heterocycles. The second kappa shape index (κ2) is 7.05. The predicted molar refractivity (Wildman–Crippen MR) is 87.0 cm³/mol. The molecule has 114 valence electrons. The van der Waals surface area contributed by atoms with Crippen LogP contribution < -0.4 is 0 Å². The van der Waals surface area contributed by atoms with Crippen LogP contribution in [-0.2, 0) is 19.5 Å². The number of rotatable bonds is 4. The fourth-order valence-electron chi connectivity index (χ4n) is 3.02. The monoisotopic (exact) mass is 342 g/mol. The van der Waals surface area contributed by atoms with Gasteiger partial charge in [-0.05, 0) is 56.2 Å². The molecule has 0 spiro atoms. The van der Waals surface area contributed by atoms with Gasteiger partial charge in [0, 0.05) is 32.2 Å². The number of hydrogen-bond donors (Lipinski definition) is 0. The van der Waals surface area contributed by atoms with E-state index in [1.165, 1.54) is 35.4 Å². The lowest BCUT2D eigenvalue weighted by atomic mass is 10.2. The van der Waals surface area contributed by atoms with Crippen molar-refractivity contribution >= 4 is 15.9 Å². The van der Waals surface area contributed by atoms with E-state index in [1.807, 2.05) is 0 Å². The average molecular weight is 343 g/mol. The third-order valence-corrected chi connectivity index (χ3v) is 5.15. The second-order valence-corrected chi connectivity index (χ2v) is 6.60. The van der Waals surface area contributed by atoms with Crippen LogP contribution in [0.25, 0.3) is 0 Å². The van der Waals surface area contributed by atoms with E-state index in [0.29, 0.717) is 6.04 Å². The van der Waals surface area contributed by atoms with Gasteiger partial charge in [0.1, 0.15) is 0 Å². The first-order valence-electron chi connectivity index (χ1n) is 7.73. The minimum atomic E-state index is 0.597. The third-order valence-electron chi connectivity index (χ3n) is 4.23. The van der Waals surface area contributed by atoms with E-state index in [1.54, 1.807) is 0 Å². The molecule has 0 aliphatic carbocycles. The lowest BCUT2D eigenvalue weighted by molar-refractivity contribution is 0.189. The van der Waals surface area contributed by atoms with Crippen LogP contribution in [0.4, 0.5) is 0 Å². The van der Waals surface area contributed by atoms with Gasteiger partial charge < -0.3 is 4.90 Å². The van der Waals surface area contributed by atoms with Crippen LogP contribution in [0.1, 0.15) is 38.6 Å². The van der Waals surface area contributed by atoms with E-state index in [2.05, 4.69) is 58.2 Å². The Morgan fingerprint density at radius 2 is 2.05 bits per heavy atom. The molecule has 1 unspecified atom stereocenters. The topological polar surface area (TPSA) is 24.3 Å². The summed E-state index contributed by atoms with van der Waals surface area (Å²) < 4.78 is 3.37. The van der Waals surface area contributed by atoms with Crippen molar-refractivity contribution in [3.63, 3.8) is 0 Å². The predicted octanol–water partition coefficient (Wildman–Crippen LogP) is 2.75. The molecule has 0 aromatic carbocycles. The summed E-state index contributed by atoms with van der Waals surface area (Å²) >= 11 is 3.76. The Balaban J connectivity index is 2.18. The molecule has 1 aromatic rings. The molecule has 0 bridgehead atoms. The molecular weight excluding hydrogens is 316 g/mol. The van der Waals surface area contributed by atoms with Crippen LogP contribution in [-0.4, -0.2) is 52.3 Å². The lowest BCUT2D eigenvalue weighted by Gasteiger charge is -2.28. The molecule has 1 atom stereocenters. The smallest absolute Gasteiger partial charge is 0.0767 e. The molecule has 0 radical (unpaired) electrons. The molecule has 1 fully saturated rings. The van der Waals surface area contributed by atoms with Gasteiger partial charge in [0.25, 0.3) is 0 Å². The maximum atomic E-state index is 4.71. The third kappa shape index (κ3) is 3.43. The summed E-state index contributed by atoms with van der Waals surface area (Å²) in [5.41, 5.74) is 2.52. The molecule has 1 aromatic heterocycles. The Morgan fingerprint density at radius 1 is 1.30 bits per heavy atom. The number of hydrogen-bond acceptors (Lipinski definition) is 3. The van der Waals surface area contributed by atoms with Crippen LogP contribution >= 0.6 is 15.9 Å². The molecular formula is C15H27BrN4. The SMILES string of the molecule is CCc1nn(CC)c(CN2CCCN(C)CC2C)c1Br. The Morgan fingerprint density at radius 3 is 2.70 bits per heavy atom. The highest BCUT2D eigenvalue weighted by Crippen LogP contribution is 2.25. The fraction of sp³-hybridized carbons (Fsp3) is 0.800. The summed E-state index contributed by atoms with van der Waals surface area (Å²) in [7, 11) is 2.22. The standard InChI is InChI=1S/C15H27BrN4/c1-5-13-15(16)14(20(6-2)17-13)11-19-9-7-8-18(4)10-12(19)3/h12H,5-11H2,1-4H3.